The summed E-state index contributed by atoms with van der Waals surface area (Å²) in [6.07, 6.45) is 6.24. The molecule has 0 amide bonds. The van der Waals surface area contributed by atoms with Gasteiger partial charge in [0, 0.05) is 17.6 Å². The second kappa shape index (κ2) is 3.54. The fourth-order valence-electron chi connectivity index (χ4n) is 2.23. The normalized spacial score (nSPS) is 24.4. The first-order valence-electron chi connectivity index (χ1n) is 5.07. The summed E-state index contributed by atoms with van der Waals surface area (Å²) < 4.78 is 5.13. The van der Waals surface area contributed by atoms with Crippen molar-refractivity contribution in [3.05, 3.63) is 24.2 Å². The molecule has 1 aromatic heterocycles. The van der Waals surface area contributed by atoms with Crippen LogP contribution < -0.4 is 0 Å². The minimum Gasteiger partial charge on any atom is -0.472 e. The third kappa shape index (κ3) is 1.63. The average Bonchev–Trinajstić information content (AvgIpc) is 2.74. The zero-order chi connectivity index (χ0) is 9.26. The minimum atomic E-state index is 0.596. The van der Waals surface area contributed by atoms with Gasteiger partial charge in [0.05, 0.1) is 12.5 Å². The molecule has 13 heavy (non-hydrogen) atoms. The van der Waals surface area contributed by atoms with Crippen LogP contribution in [0.1, 0.15) is 38.3 Å². The second-order valence-corrected chi connectivity index (χ2v) is 4.05. The summed E-state index contributed by atoms with van der Waals surface area (Å²) >= 11 is 0. The van der Waals surface area contributed by atoms with Gasteiger partial charge in [-0.2, -0.15) is 0 Å². The maximum Gasteiger partial charge on any atom is 0.0950 e. The highest BCUT2D eigenvalue weighted by Gasteiger charge is 2.28. The Labute approximate surface area is 79.5 Å². The lowest BCUT2D eigenvalue weighted by Crippen LogP contribution is -2.29. The molecule has 2 rings (SSSR count). The van der Waals surface area contributed by atoms with Crippen LogP contribution in [0.25, 0.3) is 0 Å². The van der Waals surface area contributed by atoms with E-state index in [-0.39, 0.29) is 0 Å². The lowest BCUT2D eigenvalue weighted by Gasteiger charge is -2.27. The number of nitrogens with zero attached hydrogens (tertiary/aromatic N) is 1. The van der Waals surface area contributed by atoms with E-state index in [9.17, 15) is 0 Å². The maximum atomic E-state index is 5.13. The molecule has 1 aliphatic heterocycles. The molecule has 0 aliphatic carbocycles. The Morgan fingerprint density at radius 1 is 1.54 bits per heavy atom. The molecule has 1 saturated heterocycles. The predicted molar refractivity (Wildman–Crippen MR) is 52.5 cm³/mol. The Morgan fingerprint density at radius 3 is 3.00 bits per heavy atom. The average molecular weight is 179 g/mol. The Balaban J connectivity index is 2.14. The second-order valence-electron chi connectivity index (χ2n) is 4.05. The van der Waals surface area contributed by atoms with Crippen LogP contribution in [0.2, 0.25) is 0 Å². The first-order chi connectivity index (χ1) is 6.29. The monoisotopic (exact) mass is 179 g/mol. The van der Waals surface area contributed by atoms with Gasteiger partial charge in [0.25, 0.3) is 0 Å². The first kappa shape index (κ1) is 8.82. The Hall–Kier alpha value is -0.760. The molecule has 1 aromatic rings. The smallest absolute Gasteiger partial charge is 0.0950 e. The van der Waals surface area contributed by atoms with Crippen molar-refractivity contribution in [1.29, 1.82) is 0 Å². The zero-order valence-electron chi connectivity index (χ0n) is 8.36. The van der Waals surface area contributed by atoms with Gasteiger partial charge >= 0.3 is 0 Å². The molecular formula is C11H17NO. The highest BCUT2D eigenvalue weighted by atomic mass is 16.3. The van der Waals surface area contributed by atoms with Crippen molar-refractivity contribution in [2.75, 3.05) is 6.54 Å². The summed E-state index contributed by atoms with van der Waals surface area (Å²) in [4.78, 5) is 2.55. The molecule has 0 spiro atoms. The maximum absolute atomic E-state index is 5.13. The van der Waals surface area contributed by atoms with Gasteiger partial charge in [0.15, 0.2) is 0 Å². The fraction of sp³-hybridized carbons (Fsp3) is 0.636. The van der Waals surface area contributed by atoms with Crippen LogP contribution >= 0.6 is 0 Å². The molecule has 0 saturated carbocycles. The first-order valence-corrected chi connectivity index (χ1v) is 5.07. The van der Waals surface area contributed by atoms with Gasteiger partial charge in [0.2, 0.25) is 0 Å². The molecule has 72 valence electrons. The van der Waals surface area contributed by atoms with Crippen molar-refractivity contribution >= 4 is 0 Å². The van der Waals surface area contributed by atoms with Crippen molar-refractivity contribution in [2.24, 2.45) is 0 Å². The molecule has 2 heteroatoms. The fourth-order valence-corrected chi connectivity index (χ4v) is 2.23. The van der Waals surface area contributed by atoms with Crippen LogP contribution in [0.4, 0.5) is 0 Å². The summed E-state index contributed by atoms with van der Waals surface area (Å²) in [6.45, 7) is 5.75. The Kier molecular flexibility index (Phi) is 2.40. The van der Waals surface area contributed by atoms with Gasteiger partial charge in [-0.05, 0) is 39.3 Å². The van der Waals surface area contributed by atoms with Crippen molar-refractivity contribution in [3.8, 4) is 0 Å². The van der Waals surface area contributed by atoms with E-state index in [2.05, 4.69) is 24.8 Å². The molecule has 1 aliphatic rings. The molecule has 2 nitrogen and oxygen atoms in total. The SMILES string of the molecule is CC(C)N1CCC[C@H]1c1ccoc1. The molecule has 2 heterocycles. The van der Waals surface area contributed by atoms with Crippen molar-refractivity contribution in [2.45, 2.75) is 38.8 Å². The molecular weight excluding hydrogens is 162 g/mol. The van der Waals surface area contributed by atoms with Gasteiger partial charge in [-0.3, -0.25) is 4.90 Å². The zero-order valence-corrected chi connectivity index (χ0v) is 8.36. The van der Waals surface area contributed by atoms with E-state index in [1.165, 1.54) is 24.9 Å². The summed E-state index contributed by atoms with van der Waals surface area (Å²) in [6, 6.07) is 3.33. The van der Waals surface area contributed by atoms with E-state index in [0.29, 0.717) is 12.1 Å². The number of furan rings is 1. The lowest BCUT2D eigenvalue weighted by atomic mass is 10.1. The summed E-state index contributed by atoms with van der Waals surface area (Å²) in [5.74, 6) is 0. The molecule has 0 radical (unpaired) electrons. The van der Waals surface area contributed by atoms with Crippen molar-refractivity contribution in [1.82, 2.24) is 4.90 Å². The van der Waals surface area contributed by atoms with Gasteiger partial charge in [0.1, 0.15) is 0 Å². The van der Waals surface area contributed by atoms with E-state index in [4.69, 9.17) is 4.42 Å². The number of hydrogen-bond donors (Lipinski definition) is 0. The van der Waals surface area contributed by atoms with Gasteiger partial charge in [-0.1, -0.05) is 0 Å². The lowest BCUT2D eigenvalue weighted by molar-refractivity contribution is 0.205. The van der Waals surface area contributed by atoms with Crippen LogP contribution in [-0.4, -0.2) is 17.5 Å². The molecule has 0 bridgehead atoms. The number of rotatable bonds is 2. The van der Waals surface area contributed by atoms with Crippen LogP contribution in [-0.2, 0) is 0 Å². The van der Waals surface area contributed by atoms with E-state index in [1.54, 1.807) is 6.26 Å². The quantitative estimate of drug-likeness (QED) is 0.694. The van der Waals surface area contributed by atoms with E-state index in [1.807, 2.05) is 6.26 Å². The summed E-state index contributed by atoms with van der Waals surface area (Å²) in [5.41, 5.74) is 1.34. The van der Waals surface area contributed by atoms with E-state index < -0.39 is 0 Å². The minimum absolute atomic E-state index is 0.596. The highest BCUT2D eigenvalue weighted by molar-refractivity contribution is 5.13. The van der Waals surface area contributed by atoms with E-state index in [0.717, 1.165) is 0 Å². The molecule has 0 aromatic carbocycles. The van der Waals surface area contributed by atoms with E-state index >= 15 is 0 Å². The van der Waals surface area contributed by atoms with Gasteiger partial charge in [-0.15, -0.1) is 0 Å². The summed E-state index contributed by atoms with van der Waals surface area (Å²) in [5, 5.41) is 0. The van der Waals surface area contributed by atoms with Crippen molar-refractivity contribution < 1.29 is 4.42 Å². The third-order valence-corrected chi connectivity index (χ3v) is 2.89. The van der Waals surface area contributed by atoms with Crippen LogP contribution in [0, 0.1) is 0 Å². The molecule has 0 unspecified atom stereocenters. The summed E-state index contributed by atoms with van der Waals surface area (Å²) in [7, 11) is 0. The Morgan fingerprint density at radius 2 is 2.38 bits per heavy atom. The molecule has 1 fully saturated rings. The molecule has 1 atom stereocenters. The third-order valence-electron chi connectivity index (χ3n) is 2.89. The van der Waals surface area contributed by atoms with Gasteiger partial charge in [-0.25, -0.2) is 0 Å². The van der Waals surface area contributed by atoms with Gasteiger partial charge < -0.3 is 4.42 Å². The van der Waals surface area contributed by atoms with Crippen LogP contribution in [0.5, 0.6) is 0 Å². The van der Waals surface area contributed by atoms with Crippen LogP contribution in [0.15, 0.2) is 23.0 Å². The molecule has 0 N–H and O–H groups in total. The predicted octanol–water partition coefficient (Wildman–Crippen LogP) is 2.82. The largest absolute Gasteiger partial charge is 0.472 e. The van der Waals surface area contributed by atoms with Crippen molar-refractivity contribution in [3.63, 3.8) is 0 Å². The topological polar surface area (TPSA) is 16.4 Å². The standard InChI is InChI=1S/C11H17NO/c1-9(2)12-6-3-4-11(12)10-5-7-13-8-10/h5,7-9,11H,3-4,6H2,1-2H3/t11-/m0/s1. The number of likely N-dealkylation sites (tertiary alicyclic amines) is 1. The highest BCUT2D eigenvalue weighted by Crippen LogP contribution is 2.33. The van der Waals surface area contributed by atoms with Crippen LogP contribution in [0.3, 0.4) is 0 Å². The Bertz CT molecular complexity index is 253. The number of hydrogen-bond acceptors (Lipinski definition) is 2.